The van der Waals surface area contributed by atoms with Crippen LogP contribution >= 0.6 is 27.5 Å². The van der Waals surface area contributed by atoms with Crippen molar-refractivity contribution in [2.45, 2.75) is 19.4 Å². The Hall–Kier alpha value is -0.0500. The quantitative estimate of drug-likeness (QED) is 0.882. The lowest BCUT2D eigenvalue weighted by Gasteiger charge is -2.11. The average Bonchev–Trinajstić information content (AvgIpc) is 2.13. The van der Waals surface area contributed by atoms with E-state index < -0.39 is 0 Å². The van der Waals surface area contributed by atoms with Gasteiger partial charge in [-0.05, 0) is 48.0 Å². The van der Waals surface area contributed by atoms with E-state index in [4.69, 9.17) is 11.6 Å². The summed E-state index contributed by atoms with van der Waals surface area (Å²) in [5.41, 5.74) is 1.24. The summed E-state index contributed by atoms with van der Waals surface area (Å²) in [6, 6.07) is 6.42. The molecule has 0 aromatic heterocycles. The molecule has 0 saturated carbocycles. The van der Waals surface area contributed by atoms with Gasteiger partial charge in [0, 0.05) is 10.5 Å². The lowest BCUT2D eigenvalue weighted by molar-refractivity contribution is 0.607. The molecular weight excluding hydrogens is 249 g/mol. The SMILES string of the molecule is CNC(C)Cc1cccc(Cl)c1Br. The largest absolute Gasteiger partial charge is 0.317 e. The summed E-state index contributed by atoms with van der Waals surface area (Å²) in [6.07, 6.45) is 0.984. The number of nitrogens with one attached hydrogen (secondary N) is 1. The molecule has 0 aliphatic heterocycles. The molecule has 1 unspecified atom stereocenters. The maximum absolute atomic E-state index is 5.97. The molecule has 0 aliphatic carbocycles. The van der Waals surface area contributed by atoms with Gasteiger partial charge in [-0.2, -0.15) is 0 Å². The van der Waals surface area contributed by atoms with Gasteiger partial charge in [0.1, 0.15) is 0 Å². The monoisotopic (exact) mass is 261 g/mol. The number of benzene rings is 1. The minimum atomic E-state index is 0.467. The summed E-state index contributed by atoms with van der Waals surface area (Å²) >= 11 is 9.45. The molecule has 1 nitrogen and oxygen atoms in total. The Labute approximate surface area is 92.6 Å². The molecule has 1 aromatic carbocycles. The average molecular weight is 263 g/mol. The molecule has 1 atom stereocenters. The first-order valence-electron chi connectivity index (χ1n) is 4.25. The highest BCUT2D eigenvalue weighted by Crippen LogP contribution is 2.26. The summed E-state index contributed by atoms with van der Waals surface area (Å²) in [5, 5.41) is 3.97. The third-order valence-electron chi connectivity index (χ3n) is 2.05. The summed E-state index contributed by atoms with van der Waals surface area (Å²) in [7, 11) is 1.96. The van der Waals surface area contributed by atoms with Gasteiger partial charge in [-0.15, -0.1) is 0 Å². The fraction of sp³-hybridized carbons (Fsp3) is 0.400. The summed E-state index contributed by atoms with van der Waals surface area (Å²) in [6.45, 7) is 2.15. The third-order valence-corrected chi connectivity index (χ3v) is 3.53. The molecule has 0 spiro atoms. The van der Waals surface area contributed by atoms with Crippen LogP contribution in [0.25, 0.3) is 0 Å². The molecular formula is C10H13BrClN. The Kier molecular flexibility index (Phi) is 4.23. The van der Waals surface area contributed by atoms with E-state index in [0.717, 1.165) is 15.9 Å². The van der Waals surface area contributed by atoms with E-state index in [-0.39, 0.29) is 0 Å². The van der Waals surface area contributed by atoms with Crippen molar-refractivity contribution in [1.82, 2.24) is 5.32 Å². The molecule has 72 valence electrons. The Morgan fingerprint density at radius 1 is 1.54 bits per heavy atom. The summed E-state index contributed by atoms with van der Waals surface area (Å²) < 4.78 is 1.01. The van der Waals surface area contributed by atoms with Gasteiger partial charge in [0.25, 0.3) is 0 Å². The summed E-state index contributed by atoms with van der Waals surface area (Å²) in [4.78, 5) is 0. The highest BCUT2D eigenvalue weighted by atomic mass is 79.9. The van der Waals surface area contributed by atoms with Crippen molar-refractivity contribution in [1.29, 1.82) is 0 Å². The number of hydrogen-bond acceptors (Lipinski definition) is 1. The van der Waals surface area contributed by atoms with Gasteiger partial charge in [-0.1, -0.05) is 23.7 Å². The number of halogens is 2. The van der Waals surface area contributed by atoms with Gasteiger partial charge >= 0.3 is 0 Å². The van der Waals surface area contributed by atoms with Crippen molar-refractivity contribution in [3.63, 3.8) is 0 Å². The van der Waals surface area contributed by atoms with Crippen LogP contribution < -0.4 is 5.32 Å². The zero-order chi connectivity index (χ0) is 9.84. The fourth-order valence-electron chi connectivity index (χ4n) is 1.14. The minimum absolute atomic E-state index is 0.467. The van der Waals surface area contributed by atoms with Crippen LogP contribution in [0.3, 0.4) is 0 Å². The van der Waals surface area contributed by atoms with Gasteiger partial charge in [0.05, 0.1) is 5.02 Å². The first-order chi connectivity index (χ1) is 6.15. The van der Waals surface area contributed by atoms with Gasteiger partial charge in [0.15, 0.2) is 0 Å². The Morgan fingerprint density at radius 2 is 2.23 bits per heavy atom. The predicted octanol–water partition coefficient (Wildman–Crippen LogP) is 3.25. The molecule has 13 heavy (non-hydrogen) atoms. The van der Waals surface area contributed by atoms with Crippen molar-refractivity contribution in [3.05, 3.63) is 33.3 Å². The molecule has 3 heteroatoms. The maximum Gasteiger partial charge on any atom is 0.0550 e. The van der Waals surface area contributed by atoms with E-state index in [1.54, 1.807) is 0 Å². The van der Waals surface area contributed by atoms with Crippen molar-refractivity contribution in [3.8, 4) is 0 Å². The molecule has 1 N–H and O–H groups in total. The topological polar surface area (TPSA) is 12.0 Å². The number of likely N-dealkylation sites (N-methyl/N-ethyl adjacent to an activating group) is 1. The van der Waals surface area contributed by atoms with Crippen LogP contribution in [0.4, 0.5) is 0 Å². The molecule has 0 radical (unpaired) electrons. The molecule has 0 amide bonds. The molecule has 1 aromatic rings. The lowest BCUT2D eigenvalue weighted by atomic mass is 10.1. The Balaban J connectivity index is 2.83. The van der Waals surface area contributed by atoms with E-state index in [9.17, 15) is 0 Å². The second-order valence-electron chi connectivity index (χ2n) is 3.11. The normalized spacial score (nSPS) is 12.9. The van der Waals surface area contributed by atoms with Crippen molar-refractivity contribution < 1.29 is 0 Å². The van der Waals surface area contributed by atoms with E-state index in [0.29, 0.717) is 6.04 Å². The zero-order valence-electron chi connectivity index (χ0n) is 7.77. The van der Waals surface area contributed by atoms with Crippen LogP contribution in [0.15, 0.2) is 22.7 Å². The first-order valence-corrected chi connectivity index (χ1v) is 5.42. The van der Waals surface area contributed by atoms with Gasteiger partial charge < -0.3 is 5.32 Å². The van der Waals surface area contributed by atoms with Crippen molar-refractivity contribution in [2.24, 2.45) is 0 Å². The van der Waals surface area contributed by atoms with Crippen LogP contribution in [-0.4, -0.2) is 13.1 Å². The van der Waals surface area contributed by atoms with Crippen LogP contribution in [-0.2, 0) is 6.42 Å². The van der Waals surface area contributed by atoms with Crippen LogP contribution in [0, 0.1) is 0 Å². The third kappa shape index (κ3) is 2.97. The Morgan fingerprint density at radius 3 is 2.85 bits per heavy atom. The Bertz CT molecular complexity index is 288. The predicted molar refractivity (Wildman–Crippen MR) is 61.4 cm³/mol. The van der Waals surface area contributed by atoms with Crippen LogP contribution in [0.1, 0.15) is 12.5 Å². The second-order valence-corrected chi connectivity index (χ2v) is 4.31. The highest BCUT2D eigenvalue weighted by Gasteiger charge is 2.06. The fourth-order valence-corrected chi connectivity index (χ4v) is 1.76. The summed E-state index contributed by atoms with van der Waals surface area (Å²) in [5.74, 6) is 0. The van der Waals surface area contributed by atoms with Gasteiger partial charge in [-0.25, -0.2) is 0 Å². The van der Waals surface area contributed by atoms with Gasteiger partial charge in [0.2, 0.25) is 0 Å². The first kappa shape index (κ1) is 11.0. The maximum atomic E-state index is 5.97. The minimum Gasteiger partial charge on any atom is -0.317 e. The molecule has 0 fully saturated rings. The molecule has 0 heterocycles. The van der Waals surface area contributed by atoms with E-state index >= 15 is 0 Å². The molecule has 0 bridgehead atoms. The number of hydrogen-bond donors (Lipinski definition) is 1. The molecule has 1 rings (SSSR count). The molecule has 0 aliphatic rings. The van der Waals surface area contributed by atoms with E-state index in [1.807, 2.05) is 19.2 Å². The number of rotatable bonds is 3. The zero-order valence-corrected chi connectivity index (χ0v) is 10.1. The smallest absolute Gasteiger partial charge is 0.0550 e. The van der Waals surface area contributed by atoms with Crippen molar-refractivity contribution in [2.75, 3.05) is 7.05 Å². The van der Waals surface area contributed by atoms with E-state index in [2.05, 4.69) is 34.2 Å². The second kappa shape index (κ2) is 4.99. The van der Waals surface area contributed by atoms with Crippen LogP contribution in [0.5, 0.6) is 0 Å². The van der Waals surface area contributed by atoms with Crippen LogP contribution in [0.2, 0.25) is 5.02 Å². The highest BCUT2D eigenvalue weighted by molar-refractivity contribution is 9.10. The van der Waals surface area contributed by atoms with E-state index in [1.165, 1.54) is 5.56 Å². The van der Waals surface area contributed by atoms with Gasteiger partial charge in [-0.3, -0.25) is 0 Å². The molecule has 0 saturated heterocycles. The standard InChI is InChI=1S/C10H13BrClN/c1-7(13-2)6-8-4-3-5-9(12)10(8)11/h3-5,7,13H,6H2,1-2H3. The van der Waals surface area contributed by atoms with Crippen molar-refractivity contribution >= 4 is 27.5 Å². The lowest BCUT2D eigenvalue weighted by Crippen LogP contribution is -2.23.